The fourth-order valence-corrected chi connectivity index (χ4v) is 3.36. The third kappa shape index (κ3) is 12.6. The van der Waals surface area contributed by atoms with Crippen molar-refractivity contribution in [3.05, 3.63) is 66.4 Å². The summed E-state index contributed by atoms with van der Waals surface area (Å²) in [5, 5.41) is 21.4. The van der Waals surface area contributed by atoms with Gasteiger partial charge in [0.05, 0.1) is 6.04 Å². The van der Waals surface area contributed by atoms with Crippen LogP contribution in [0.25, 0.3) is 22.4 Å². The zero-order valence-electron chi connectivity index (χ0n) is 22.5. The van der Waals surface area contributed by atoms with E-state index in [2.05, 4.69) is 22.6 Å². The molecule has 0 bridgehead atoms. The fourth-order valence-electron chi connectivity index (χ4n) is 3.36. The zero-order valence-corrected chi connectivity index (χ0v) is 22.5. The number of carbonyl (C=O) groups is 5. The minimum absolute atomic E-state index is 0.0155. The van der Waals surface area contributed by atoms with Crippen LogP contribution in [-0.4, -0.2) is 51.5 Å². The van der Waals surface area contributed by atoms with E-state index in [0.717, 1.165) is 16.7 Å². The Kier molecular flexibility index (Phi) is 15.3. The van der Waals surface area contributed by atoms with Gasteiger partial charge in [-0.25, -0.2) is 0 Å². The summed E-state index contributed by atoms with van der Waals surface area (Å²) in [6, 6.07) is 19.4. The molecule has 40 heavy (non-hydrogen) atoms. The summed E-state index contributed by atoms with van der Waals surface area (Å²) in [5.74, 6) is -1.13. The standard InChI is InChI=1S/C25H27N3O4.C3H6O2.CH2O2/c1-2-21(23(29)13-14-24(26)30)27-25(31)15-12-20-16-22(28-32-20)19-10-8-18(9-11-19)17-6-4-3-5-7-17;1-2-3(4)5;2-1-3/h3-11,16,21H,2,12-15H2,1H3,(H2,26,30)(H,27,31);2H2,1H3,(H,4,5);1H,(H,2,3)/t21-;;/m0../s1. The average Bonchev–Trinajstić information content (AvgIpc) is 3.44. The molecule has 0 aliphatic carbocycles. The molecule has 0 aliphatic heterocycles. The van der Waals surface area contributed by atoms with Crippen LogP contribution in [0.1, 0.15) is 51.7 Å². The van der Waals surface area contributed by atoms with Crippen molar-refractivity contribution in [3.63, 3.8) is 0 Å². The maximum atomic E-state index is 12.3. The van der Waals surface area contributed by atoms with Crippen molar-refractivity contribution in [2.75, 3.05) is 0 Å². The summed E-state index contributed by atoms with van der Waals surface area (Å²) in [7, 11) is 0. The lowest BCUT2D eigenvalue weighted by molar-refractivity contribution is -0.136. The normalized spacial score (nSPS) is 10.6. The Morgan fingerprint density at radius 2 is 1.50 bits per heavy atom. The number of aromatic nitrogens is 1. The van der Waals surface area contributed by atoms with Gasteiger partial charge in [-0.05, 0) is 17.5 Å². The monoisotopic (exact) mass is 553 g/mol. The molecular formula is C29H35N3O8. The predicted molar refractivity (Wildman–Crippen MR) is 148 cm³/mol. The molecular weight excluding hydrogens is 518 g/mol. The third-order valence-corrected chi connectivity index (χ3v) is 5.50. The van der Waals surface area contributed by atoms with Crippen molar-refractivity contribution < 1.29 is 38.7 Å². The lowest BCUT2D eigenvalue weighted by Crippen LogP contribution is -2.40. The second-order valence-corrected chi connectivity index (χ2v) is 8.44. The number of nitrogens with zero attached hydrogens (tertiary/aromatic N) is 1. The number of ketones is 1. The van der Waals surface area contributed by atoms with Crippen molar-refractivity contribution in [1.29, 1.82) is 0 Å². The SMILES string of the molecule is CCC(=O)O.CC[C@H](NC(=O)CCc1cc(-c2ccc(-c3ccccc3)cc2)no1)C(=O)CCC(N)=O.O=CO. The lowest BCUT2D eigenvalue weighted by Gasteiger charge is -2.15. The Labute approximate surface area is 232 Å². The second kappa shape index (κ2) is 18.5. The number of hydrogen-bond acceptors (Lipinski definition) is 7. The molecule has 2 aromatic carbocycles. The van der Waals surface area contributed by atoms with E-state index in [9.17, 15) is 19.2 Å². The summed E-state index contributed by atoms with van der Waals surface area (Å²) in [6.45, 7) is 3.15. The largest absolute Gasteiger partial charge is 0.483 e. The van der Waals surface area contributed by atoms with Crippen molar-refractivity contribution in [3.8, 4) is 22.4 Å². The van der Waals surface area contributed by atoms with E-state index in [1.807, 2.05) is 48.5 Å². The Morgan fingerprint density at radius 1 is 0.950 bits per heavy atom. The Balaban J connectivity index is 0.000000884. The van der Waals surface area contributed by atoms with Gasteiger partial charge in [0.25, 0.3) is 6.47 Å². The van der Waals surface area contributed by atoms with Gasteiger partial charge in [-0.2, -0.15) is 0 Å². The van der Waals surface area contributed by atoms with Crippen LogP contribution < -0.4 is 11.1 Å². The van der Waals surface area contributed by atoms with E-state index < -0.39 is 17.9 Å². The number of hydrogen-bond donors (Lipinski definition) is 4. The molecule has 0 saturated carbocycles. The van der Waals surface area contributed by atoms with Gasteiger partial charge < -0.3 is 25.8 Å². The Hall–Kier alpha value is -4.80. The molecule has 2 amide bonds. The van der Waals surface area contributed by atoms with E-state index in [1.165, 1.54) is 0 Å². The molecule has 0 aliphatic rings. The van der Waals surface area contributed by atoms with Crippen LogP contribution in [0, 0.1) is 0 Å². The van der Waals surface area contributed by atoms with Crippen LogP contribution in [0.3, 0.4) is 0 Å². The molecule has 1 heterocycles. The van der Waals surface area contributed by atoms with Crippen molar-refractivity contribution in [2.45, 2.75) is 58.4 Å². The fraction of sp³-hybridized carbons (Fsp3) is 0.310. The zero-order chi connectivity index (χ0) is 29.9. The van der Waals surface area contributed by atoms with Crippen molar-refractivity contribution >= 4 is 30.0 Å². The van der Waals surface area contributed by atoms with E-state index in [0.29, 0.717) is 24.3 Å². The molecule has 0 spiro atoms. The molecule has 5 N–H and O–H groups in total. The molecule has 0 radical (unpaired) electrons. The molecule has 3 rings (SSSR count). The Bertz CT molecular complexity index is 1220. The van der Waals surface area contributed by atoms with Gasteiger partial charge in [-0.1, -0.05) is 73.6 Å². The highest BCUT2D eigenvalue weighted by atomic mass is 16.5. The molecule has 0 saturated heterocycles. The molecule has 1 atom stereocenters. The lowest BCUT2D eigenvalue weighted by atomic mass is 10.0. The number of benzene rings is 2. The van der Waals surface area contributed by atoms with Crippen LogP contribution in [0.15, 0.2) is 65.2 Å². The van der Waals surface area contributed by atoms with Crippen LogP contribution in [-0.2, 0) is 30.4 Å². The number of nitrogens with two attached hydrogens (primary N) is 1. The third-order valence-electron chi connectivity index (χ3n) is 5.50. The summed E-state index contributed by atoms with van der Waals surface area (Å²) in [4.78, 5) is 53.0. The number of nitrogens with one attached hydrogen (secondary N) is 1. The number of Topliss-reactive ketones (excluding diaryl/α,β-unsaturated/α-hetero) is 1. The smallest absolute Gasteiger partial charge is 0.303 e. The van der Waals surface area contributed by atoms with Crippen LogP contribution >= 0.6 is 0 Å². The van der Waals surface area contributed by atoms with E-state index >= 15 is 0 Å². The summed E-state index contributed by atoms with van der Waals surface area (Å²) in [5.41, 5.74) is 8.97. The highest BCUT2D eigenvalue weighted by Crippen LogP contribution is 2.25. The number of aliphatic carboxylic acids is 1. The first-order chi connectivity index (χ1) is 19.1. The highest BCUT2D eigenvalue weighted by molar-refractivity contribution is 5.91. The quantitative estimate of drug-likeness (QED) is 0.241. The van der Waals surface area contributed by atoms with E-state index in [4.69, 9.17) is 25.3 Å². The topological polar surface area (TPSA) is 190 Å². The molecule has 214 valence electrons. The van der Waals surface area contributed by atoms with Gasteiger partial charge in [-0.3, -0.25) is 24.0 Å². The van der Waals surface area contributed by atoms with E-state index in [-0.39, 0.29) is 43.8 Å². The van der Waals surface area contributed by atoms with Gasteiger partial charge in [0.1, 0.15) is 11.5 Å². The van der Waals surface area contributed by atoms with Crippen LogP contribution in [0.2, 0.25) is 0 Å². The van der Waals surface area contributed by atoms with Gasteiger partial charge in [0.2, 0.25) is 11.8 Å². The first-order valence-electron chi connectivity index (χ1n) is 12.7. The van der Waals surface area contributed by atoms with Crippen LogP contribution in [0.4, 0.5) is 0 Å². The minimum Gasteiger partial charge on any atom is -0.483 e. The average molecular weight is 554 g/mol. The number of aryl methyl sites for hydroxylation is 1. The number of carboxylic acid groups (broad SMARTS) is 2. The molecule has 3 aromatic rings. The van der Waals surface area contributed by atoms with Gasteiger partial charge in [-0.15, -0.1) is 0 Å². The molecule has 0 fully saturated rings. The Morgan fingerprint density at radius 3 is 2.02 bits per heavy atom. The predicted octanol–water partition coefficient (Wildman–Crippen LogP) is 3.85. The molecule has 11 heteroatoms. The maximum absolute atomic E-state index is 12.3. The number of carbonyl (C=O) groups excluding carboxylic acids is 3. The van der Waals surface area contributed by atoms with Gasteiger partial charge >= 0.3 is 5.97 Å². The number of primary amides is 1. The first-order valence-corrected chi connectivity index (χ1v) is 12.7. The number of amides is 2. The van der Waals surface area contributed by atoms with Gasteiger partial charge in [0.15, 0.2) is 5.78 Å². The molecule has 1 aromatic heterocycles. The summed E-state index contributed by atoms with van der Waals surface area (Å²) in [6.07, 6.45) is 1.23. The van der Waals surface area contributed by atoms with Crippen molar-refractivity contribution in [2.24, 2.45) is 5.73 Å². The highest BCUT2D eigenvalue weighted by Gasteiger charge is 2.19. The van der Waals surface area contributed by atoms with E-state index in [1.54, 1.807) is 13.8 Å². The number of carboxylic acids is 1. The summed E-state index contributed by atoms with van der Waals surface area (Å²) >= 11 is 0. The van der Waals surface area contributed by atoms with Crippen LogP contribution in [0.5, 0.6) is 0 Å². The minimum atomic E-state index is -0.745. The summed E-state index contributed by atoms with van der Waals surface area (Å²) < 4.78 is 5.38. The molecule has 11 nitrogen and oxygen atoms in total. The van der Waals surface area contributed by atoms with Gasteiger partial charge in [0, 0.05) is 43.7 Å². The maximum Gasteiger partial charge on any atom is 0.303 e. The molecule has 0 unspecified atom stereocenters. The van der Waals surface area contributed by atoms with Crippen molar-refractivity contribution in [1.82, 2.24) is 10.5 Å². The second-order valence-electron chi connectivity index (χ2n) is 8.44. The first kappa shape index (κ1) is 33.2. The number of rotatable bonds is 12.